The highest BCUT2D eigenvalue weighted by Crippen LogP contribution is 2.29. The number of halogens is 1. The Balaban J connectivity index is 2.56. The van der Waals surface area contributed by atoms with Crippen molar-refractivity contribution in [1.82, 2.24) is 5.32 Å². The van der Waals surface area contributed by atoms with Gasteiger partial charge in [0.1, 0.15) is 5.78 Å². The van der Waals surface area contributed by atoms with Gasteiger partial charge >= 0.3 is 0 Å². The van der Waals surface area contributed by atoms with Crippen LogP contribution in [0.3, 0.4) is 0 Å². The molecule has 0 unspecified atom stereocenters. The van der Waals surface area contributed by atoms with Crippen LogP contribution < -0.4 is 5.32 Å². The number of carbonyl (C=O) groups is 1. The molecule has 1 aliphatic rings. The second-order valence-corrected chi connectivity index (χ2v) is 3.93. The summed E-state index contributed by atoms with van der Waals surface area (Å²) in [6, 6.07) is 0. The maximum Gasteiger partial charge on any atom is 0.149 e. The van der Waals surface area contributed by atoms with Gasteiger partial charge in [0, 0.05) is 5.41 Å². The molecule has 0 aromatic heterocycles. The van der Waals surface area contributed by atoms with Crippen LogP contribution in [0.4, 0.5) is 0 Å². The first-order chi connectivity index (χ1) is 5.19. The second kappa shape index (κ2) is 3.68. The van der Waals surface area contributed by atoms with Gasteiger partial charge in [-0.3, -0.25) is 4.79 Å². The fourth-order valence-corrected chi connectivity index (χ4v) is 2.10. The minimum atomic E-state index is -0.0608. The quantitative estimate of drug-likeness (QED) is 0.711. The monoisotopic (exact) mass is 219 g/mol. The SMILES string of the molecule is CC1(C(=O)CBr)CCNCC1. The molecule has 1 saturated heterocycles. The highest BCUT2D eigenvalue weighted by molar-refractivity contribution is 9.09. The maximum absolute atomic E-state index is 11.4. The average molecular weight is 220 g/mol. The van der Waals surface area contributed by atoms with Gasteiger partial charge in [-0.2, -0.15) is 0 Å². The lowest BCUT2D eigenvalue weighted by atomic mass is 9.78. The van der Waals surface area contributed by atoms with E-state index in [1.807, 2.05) is 0 Å². The van der Waals surface area contributed by atoms with Crippen molar-refractivity contribution in [2.24, 2.45) is 5.41 Å². The van der Waals surface area contributed by atoms with Crippen molar-refractivity contribution in [2.75, 3.05) is 18.4 Å². The van der Waals surface area contributed by atoms with E-state index in [-0.39, 0.29) is 5.41 Å². The van der Waals surface area contributed by atoms with Gasteiger partial charge in [0.2, 0.25) is 0 Å². The lowest BCUT2D eigenvalue weighted by molar-refractivity contribution is -0.126. The average Bonchev–Trinajstić information content (AvgIpc) is 2.04. The Morgan fingerprint density at radius 3 is 2.55 bits per heavy atom. The van der Waals surface area contributed by atoms with E-state index in [0.717, 1.165) is 25.9 Å². The van der Waals surface area contributed by atoms with Gasteiger partial charge in [-0.1, -0.05) is 22.9 Å². The van der Waals surface area contributed by atoms with E-state index in [4.69, 9.17) is 0 Å². The minimum absolute atomic E-state index is 0.0608. The third-order valence-corrected chi connectivity index (χ3v) is 3.01. The van der Waals surface area contributed by atoms with Crippen LogP contribution in [0.1, 0.15) is 19.8 Å². The van der Waals surface area contributed by atoms with Crippen molar-refractivity contribution in [2.45, 2.75) is 19.8 Å². The summed E-state index contributed by atoms with van der Waals surface area (Å²) in [7, 11) is 0. The molecular formula is C8H14BrNO. The number of piperidine rings is 1. The molecule has 1 aliphatic heterocycles. The zero-order valence-corrected chi connectivity index (χ0v) is 8.41. The second-order valence-electron chi connectivity index (χ2n) is 3.37. The summed E-state index contributed by atoms with van der Waals surface area (Å²) < 4.78 is 0. The van der Waals surface area contributed by atoms with Gasteiger partial charge < -0.3 is 5.32 Å². The third kappa shape index (κ3) is 2.03. The zero-order valence-electron chi connectivity index (χ0n) is 6.82. The Hall–Kier alpha value is 0.110. The number of nitrogens with one attached hydrogen (secondary N) is 1. The minimum Gasteiger partial charge on any atom is -0.317 e. The molecule has 0 radical (unpaired) electrons. The molecule has 0 saturated carbocycles. The molecule has 0 amide bonds. The molecule has 0 spiro atoms. The third-order valence-electron chi connectivity index (χ3n) is 2.50. The number of hydrogen-bond acceptors (Lipinski definition) is 2. The van der Waals surface area contributed by atoms with E-state index in [2.05, 4.69) is 28.2 Å². The lowest BCUT2D eigenvalue weighted by Crippen LogP contribution is -2.40. The molecule has 0 atom stereocenters. The molecule has 3 heteroatoms. The fraction of sp³-hybridized carbons (Fsp3) is 0.875. The Labute approximate surface area is 75.9 Å². The van der Waals surface area contributed by atoms with Crippen molar-refractivity contribution in [3.05, 3.63) is 0 Å². The Morgan fingerprint density at radius 1 is 1.55 bits per heavy atom. The molecular weight excluding hydrogens is 206 g/mol. The highest BCUT2D eigenvalue weighted by atomic mass is 79.9. The first-order valence-electron chi connectivity index (χ1n) is 3.99. The molecule has 1 heterocycles. The number of alkyl halides is 1. The van der Waals surface area contributed by atoms with E-state index in [1.54, 1.807) is 0 Å². The van der Waals surface area contributed by atoms with Crippen LogP contribution in [0.15, 0.2) is 0 Å². The summed E-state index contributed by atoms with van der Waals surface area (Å²) >= 11 is 3.22. The van der Waals surface area contributed by atoms with Gasteiger partial charge in [-0.05, 0) is 25.9 Å². The number of carbonyl (C=O) groups excluding carboxylic acids is 1. The van der Waals surface area contributed by atoms with Gasteiger partial charge in [-0.15, -0.1) is 0 Å². The molecule has 64 valence electrons. The molecule has 0 aromatic rings. The molecule has 1 rings (SSSR count). The Bertz CT molecular complexity index is 152. The summed E-state index contributed by atoms with van der Waals surface area (Å²) in [5.74, 6) is 0.346. The first-order valence-corrected chi connectivity index (χ1v) is 5.11. The predicted molar refractivity (Wildman–Crippen MR) is 49.0 cm³/mol. The number of Topliss-reactive ketones (excluding diaryl/α,β-unsaturated/α-hetero) is 1. The molecule has 2 nitrogen and oxygen atoms in total. The van der Waals surface area contributed by atoms with Crippen molar-refractivity contribution >= 4 is 21.7 Å². The summed E-state index contributed by atoms with van der Waals surface area (Å²) in [4.78, 5) is 11.4. The molecule has 11 heavy (non-hydrogen) atoms. The van der Waals surface area contributed by atoms with E-state index < -0.39 is 0 Å². The summed E-state index contributed by atoms with van der Waals surface area (Å²) in [6.45, 7) is 4.03. The summed E-state index contributed by atoms with van der Waals surface area (Å²) in [5, 5.41) is 3.75. The van der Waals surface area contributed by atoms with E-state index in [1.165, 1.54) is 0 Å². The number of hydrogen-bond donors (Lipinski definition) is 1. The lowest BCUT2D eigenvalue weighted by Gasteiger charge is -2.31. The van der Waals surface area contributed by atoms with Crippen LogP contribution in [-0.4, -0.2) is 24.2 Å². The fourth-order valence-electron chi connectivity index (χ4n) is 1.42. The predicted octanol–water partition coefficient (Wildman–Crippen LogP) is 1.34. The molecule has 0 bridgehead atoms. The van der Waals surface area contributed by atoms with Crippen molar-refractivity contribution < 1.29 is 4.79 Å². The van der Waals surface area contributed by atoms with Gasteiger partial charge in [0.15, 0.2) is 0 Å². The van der Waals surface area contributed by atoms with Crippen molar-refractivity contribution in [1.29, 1.82) is 0 Å². The molecule has 0 aromatic carbocycles. The van der Waals surface area contributed by atoms with Crippen LogP contribution in [0.25, 0.3) is 0 Å². The van der Waals surface area contributed by atoms with Gasteiger partial charge in [0.25, 0.3) is 0 Å². The molecule has 1 N–H and O–H groups in total. The van der Waals surface area contributed by atoms with E-state index in [0.29, 0.717) is 11.1 Å². The van der Waals surface area contributed by atoms with Crippen LogP contribution in [0.2, 0.25) is 0 Å². The summed E-state index contributed by atoms with van der Waals surface area (Å²) in [5.41, 5.74) is -0.0608. The van der Waals surface area contributed by atoms with Gasteiger partial charge in [-0.25, -0.2) is 0 Å². The van der Waals surface area contributed by atoms with Crippen LogP contribution in [-0.2, 0) is 4.79 Å². The molecule has 0 aliphatic carbocycles. The van der Waals surface area contributed by atoms with E-state index in [9.17, 15) is 4.79 Å². The topological polar surface area (TPSA) is 29.1 Å². The van der Waals surface area contributed by atoms with E-state index >= 15 is 0 Å². The van der Waals surface area contributed by atoms with Crippen LogP contribution in [0, 0.1) is 5.41 Å². The maximum atomic E-state index is 11.4. The van der Waals surface area contributed by atoms with Gasteiger partial charge in [0.05, 0.1) is 5.33 Å². The number of rotatable bonds is 2. The van der Waals surface area contributed by atoms with Crippen LogP contribution in [0.5, 0.6) is 0 Å². The Morgan fingerprint density at radius 2 is 2.09 bits per heavy atom. The van der Waals surface area contributed by atoms with Crippen LogP contribution >= 0.6 is 15.9 Å². The smallest absolute Gasteiger partial charge is 0.149 e. The first kappa shape index (κ1) is 9.20. The number of ketones is 1. The zero-order chi connectivity index (χ0) is 8.32. The summed E-state index contributed by atoms with van der Waals surface area (Å²) in [6.07, 6.45) is 1.97. The normalized spacial score (nSPS) is 23.1. The van der Waals surface area contributed by atoms with Crippen molar-refractivity contribution in [3.8, 4) is 0 Å². The van der Waals surface area contributed by atoms with Crippen molar-refractivity contribution in [3.63, 3.8) is 0 Å². The standard InChI is InChI=1S/C8H14BrNO/c1-8(7(11)6-9)2-4-10-5-3-8/h10H,2-6H2,1H3. The molecule has 1 fully saturated rings. The Kier molecular flexibility index (Phi) is 3.07. The highest BCUT2D eigenvalue weighted by Gasteiger charge is 2.32. The largest absolute Gasteiger partial charge is 0.317 e.